The quantitative estimate of drug-likeness (QED) is 0.816. The van der Waals surface area contributed by atoms with Crippen molar-refractivity contribution in [2.24, 2.45) is 0 Å². The predicted molar refractivity (Wildman–Crippen MR) is 62.0 cm³/mol. The van der Waals surface area contributed by atoms with E-state index in [1.165, 1.54) is 12.3 Å². The predicted octanol–water partition coefficient (Wildman–Crippen LogP) is 2.26. The molecule has 0 fully saturated rings. The molecule has 1 N–H and O–H groups in total. The number of rotatable bonds is 3. The van der Waals surface area contributed by atoms with E-state index < -0.39 is 5.97 Å². The fraction of sp³-hybridized carbons (Fsp3) is 0. The Bertz CT molecular complexity index is 561. The summed E-state index contributed by atoms with van der Waals surface area (Å²) in [6.07, 6.45) is 2.21. The Morgan fingerprint density at radius 3 is 2.53 bits per heavy atom. The molecule has 0 aliphatic heterocycles. The van der Waals surface area contributed by atoms with Crippen LogP contribution in [-0.4, -0.2) is 22.3 Å². The number of carbonyl (C=O) groups is 2. The van der Waals surface area contributed by atoms with Gasteiger partial charge in [-0.3, -0.25) is 4.79 Å². The lowest BCUT2D eigenvalue weighted by molar-refractivity contribution is 0.0690. The molecule has 4 nitrogen and oxygen atoms in total. The number of aldehydes is 1. The first-order valence-corrected chi connectivity index (χ1v) is 4.96. The Kier molecular flexibility index (Phi) is 2.96. The summed E-state index contributed by atoms with van der Waals surface area (Å²) in [5.74, 6) is -1.07. The molecule has 1 aromatic carbocycles. The van der Waals surface area contributed by atoms with E-state index in [0.29, 0.717) is 5.56 Å². The zero-order chi connectivity index (χ0) is 12.3. The number of aromatic nitrogens is 1. The van der Waals surface area contributed by atoms with Crippen molar-refractivity contribution in [3.63, 3.8) is 0 Å². The summed E-state index contributed by atoms with van der Waals surface area (Å²) in [4.78, 5) is 25.3. The molecule has 0 amide bonds. The van der Waals surface area contributed by atoms with Crippen molar-refractivity contribution in [2.45, 2.75) is 0 Å². The number of carboxylic acid groups (broad SMARTS) is 1. The molecule has 0 aliphatic carbocycles. The van der Waals surface area contributed by atoms with Gasteiger partial charge in [-0.2, -0.15) is 0 Å². The molecule has 0 saturated heterocycles. The first kappa shape index (κ1) is 11.0. The average molecular weight is 227 g/mol. The summed E-state index contributed by atoms with van der Waals surface area (Å²) < 4.78 is 0. The highest BCUT2D eigenvalue weighted by atomic mass is 16.4. The van der Waals surface area contributed by atoms with Gasteiger partial charge in [-0.05, 0) is 11.6 Å². The first-order chi connectivity index (χ1) is 8.22. The van der Waals surface area contributed by atoms with Crippen molar-refractivity contribution in [3.8, 4) is 11.1 Å². The lowest BCUT2D eigenvalue weighted by atomic mass is 10.0. The Labute approximate surface area is 97.6 Å². The number of hydrogen-bond donors (Lipinski definition) is 1. The van der Waals surface area contributed by atoms with Crippen LogP contribution in [0.25, 0.3) is 11.1 Å². The second-order valence-corrected chi connectivity index (χ2v) is 3.44. The van der Waals surface area contributed by atoms with Gasteiger partial charge in [0.1, 0.15) is 5.69 Å². The number of pyridine rings is 1. The fourth-order valence-corrected chi connectivity index (χ4v) is 1.54. The standard InChI is InChI=1S/C13H9NO3/c15-8-10-3-1-2-4-11(10)9-5-6-12(13(16)17)14-7-9/h1-8H,(H,16,17). The van der Waals surface area contributed by atoms with Crippen LogP contribution in [0.3, 0.4) is 0 Å². The van der Waals surface area contributed by atoms with E-state index in [1.54, 1.807) is 24.3 Å². The van der Waals surface area contributed by atoms with Crippen molar-refractivity contribution >= 4 is 12.3 Å². The largest absolute Gasteiger partial charge is 0.477 e. The fourth-order valence-electron chi connectivity index (χ4n) is 1.54. The van der Waals surface area contributed by atoms with Gasteiger partial charge in [0, 0.05) is 17.3 Å². The maximum Gasteiger partial charge on any atom is 0.354 e. The molecule has 0 atom stereocenters. The monoisotopic (exact) mass is 227 g/mol. The van der Waals surface area contributed by atoms with Gasteiger partial charge in [0.25, 0.3) is 0 Å². The van der Waals surface area contributed by atoms with Crippen LogP contribution in [0.15, 0.2) is 42.6 Å². The van der Waals surface area contributed by atoms with Crippen LogP contribution in [0.1, 0.15) is 20.8 Å². The smallest absolute Gasteiger partial charge is 0.354 e. The highest BCUT2D eigenvalue weighted by Gasteiger charge is 2.07. The third kappa shape index (κ3) is 2.20. The van der Waals surface area contributed by atoms with Gasteiger partial charge in [-0.1, -0.05) is 30.3 Å². The third-order valence-corrected chi connectivity index (χ3v) is 2.38. The van der Waals surface area contributed by atoms with E-state index in [0.717, 1.165) is 17.4 Å². The van der Waals surface area contributed by atoms with Crippen molar-refractivity contribution in [1.82, 2.24) is 4.98 Å². The van der Waals surface area contributed by atoms with Gasteiger partial charge >= 0.3 is 5.97 Å². The molecule has 0 bridgehead atoms. The number of carbonyl (C=O) groups excluding carboxylic acids is 1. The lowest BCUT2D eigenvalue weighted by Gasteiger charge is -2.04. The molecule has 4 heteroatoms. The first-order valence-electron chi connectivity index (χ1n) is 4.96. The van der Waals surface area contributed by atoms with Crippen LogP contribution < -0.4 is 0 Å². The minimum absolute atomic E-state index is 0.0164. The van der Waals surface area contributed by atoms with E-state index in [4.69, 9.17) is 5.11 Å². The summed E-state index contributed by atoms with van der Waals surface area (Å²) in [5.41, 5.74) is 2.00. The second kappa shape index (κ2) is 4.57. The highest BCUT2D eigenvalue weighted by molar-refractivity contribution is 5.89. The zero-order valence-corrected chi connectivity index (χ0v) is 8.83. The van der Waals surface area contributed by atoms with Crippen molar-refractivity contribution in [2.75, 3.05) is 0 Å². The normalized spacial score (nSPS) is 9.88. The third-order valence-electron chi connectivity index (χ3n) is 2.38. The van der Waals surface area contributed by atoms with Gasteiger partial charge < -0.3 is 5.11 Å². The minimum atomic E-state index is -1.07. The Hall–Kier alpha value is -2.49. The van der Waals surface area contributed by atoms with Gasteiger partial charge in [0.15, 0.2) is 6.29 Å². The van der Waals surface area contributed by atoms with Crippen LogP contribution >= 0.6 is 0 Å². The molecule has 0 saturated carbocycles. The van der Waals surface area contributed by atoms with Crippen LogP contribution in [0, 0.1) is 0 Å². The molecular weight excluding hydrogens is 218 g/mol. The minimum Gasteiger partial charge on any atom is -0.477 e. The van der Waals surface area contributed by atoms with Gasteiger partial charge in [-0.15, -0.1) is 0 Å². The van der Waals surface area contributed by atoms with Crippen LogP contribution in [0.2, 0.25) is 0 Å². The van der Waals surface area contributed by atoms with E-state index in [2.05, 4.69) is 4.98 Å². The summed E-state index contributed by atoms with van der Waals surface area (Å²) in [6.45, 7) is 0. The van der Waals surface area contributed by atoms with Crippen LogP contribution in [0.5, 0.6) is 0 Å². The summed E-state index contributed by atoms with van der Waals surface area (Å²) in [5, 5.41) is 8.73. The summed E-state index contributed by atoms with van der Waals surface area (Å²) in [6, 6.07) is 10.1. The lowest BCUT2D eigenvalue weighted by Crippen LogP contribution is -1.99. The summed E-state index contributed by atoms with van der Waals surface area (Å²) >= 11 is 0. The molecule has 2 aromatic rings. The maximum atomic E-state index is 10.9. The molecule has 1 heterocycles. The molecule has 0 unspecified atom stereocenters. The van der Waals surface area contributed by atoms with E-state index in [1.807, 2.05) is 6.07 Å². The average Bonchev–Trinajstić information content (AvgIpc) is 2.39. The summed E-state index contributed by atoms with van der Waals surface area (Å²) in [7, 11) is 0. The van der Waals surface area contributed by atoms with Crippen LogP contribution in [-0.2, 0) is 0 Å². The molecule has 17 heavy (non-hydrogen) atoms. The highest BCUT2D eigenvalue weighted by Crippen LogP contribution is 2.21. The number of hydrogen-bond acceptors (Lipinski definition) is 3. The SMILES string of the molecule is O=Cc1ccccc1-c1ccc(C(=O)O)nc1. The molecule has 0 radical (unpaired) electrons. The molecule has 0 aliphatic rings. The number of aromatic carboxylic acids is 1. The van der Waals surface area contributed by atoms with Crippen molar-refractivity contribution in [1.29, 1.82) is 0 Å². The Morgan fingerprint density at radius 2 is 1.94 bits per heavy atom. The van der Waals surface area contributed by atoms with E-state index in [-0.39, 0.29) is 5.69 Å². The van der Waals surface area contributed by atoms with E-state index >= 15 is 0 Å². The van der Waals surface area contributed by atoms with E-state index in [9.17, 15) is 9.59 Å². The van der Waals surface area contributed by atoms with Gasteiger partial charge in [-0.25, -0.2) is 9.78 Å². The number of benzene rings is 1. The van der Waals surface area contributed by atoms with Gasteiger partial charge in [0.05, 0.1) is 0 Å². The Balaban J connectivity index is 2.46. The molecule has 2 rings (SSSR count). The van der Waals surface area contributed by atoms with Gasteiger partial charge in [0.2, 0.25) is 0 Å². The maximum absolute atomic E-state index is 10.9. The van der Waals surface area contributed by atoms with Crippen molar-refractivity contribution in [3.05, 3.63) is 53.9 Å². The van der Waals surface area contributed by atoms with Crippen molar-refractivity contribution < 1.29 is 14.7 Å². The Morgan fingerprint density at radius 1 is 1.18 bits per heavy atom. The molecule has 1 aromatic heterocycles. The molecular formula is C13H9NO3. The van der Waals surface area contributed by atoms with Crippen LogP contribution in [0.4, 0.5) is 0 Å². The molecule has 0 spiro atoms. The molecule has 84 valence electrons. The second-order valence-electron chi connectivity index (χ2n) is 3.44. The number of nitrogens with zero attached hydrogens (tertiary/aromatic N) is 1. The zero-order valence-electron chi connectivity index (χ0n) is 8.83. The topological polar surface area (TPSA) is 67.3 Å². The number of carboxylic acids is 1.